The van der Waals surface area contributed by atoms with Gasteiger partial charge >= 0.3 is 0 Å². The number of hydrogen-bond acceptors (Lipinski definition) is 3. The van der Waals surface area contributed by atoms with Crippen LogP contribution in [0.2, 0.25) is 0 Å². The third kappa shape index (κ3) is 1.83. The second-order valence-electron chi connectivity index (χ2n) is 3.43. The molecular formula is C11H16O3. The van der Waals surface area contributed by atoms with Crippen molar-refractivity contribution in [2.24, 2.45) is 5.92 Å². The molecule has 1 fully saturated rings. The molecule has 3 heteroatoms. The maximum Gasteiger partial charge on any atom is 0.146 e. The Morgan fingerprint density at radius 2 is 2.29 bits per heavy atom. The predicted molar refractivity (Wildman–Crippen MR) is 53.7 cm³/mol. The zero-order valence-corrected chi connectivity index (χ0v) is 8.51. The van der Waals surface area contributed by atoms with Crippen LogP contribution in [0, 0.1) is 18.3 Å². The summed E-state index contributed by atoms with van der Waals surface area (Å²) in [6.45, 7) is 5.52. The van der Waals surface area contributed by atoms with Gasteiger partial charge in [-0.2, -0.15) is 0 Å². The maximum absolute atomic E-state index is 9.93. The van der Waals surface area contributed by atoms with E-state index in [1.807, 2.05) is 6.92 Å². The summed E-state index contributed by atoms with van der Waals surface area (Å²) in [5.41, 5.74) is 0. The smallest absolute Gasteiger partial charge is 0.146 e. The SMILES string of the molecule is C#C[C@@H]1O[C@@H](C)[C@H](C=C)[C@@H](O)[C@H]1OC. The second-order valence-corrected chi connectivity index (χ2v) is 3.43. The fourth-order valence-corrected chi connectivity index (χ4v) is 1.80. The summed E-state index contributed by atoms with van der Waals surface area (Å²) < 4.78 is 10.6. The number of aliphatic hydroxyl groups excluding tert-OH is 1. The summed E-state index contributed by atoms with van der Waals surface area (Å²) in [5.74, 6) is 2.33. The first-order valence-corrected chi connectivity index (χ1v) is 4.60. The Bertz CT molecular complexity index is 243. The molecule has 0 aromatic rings. The van der Waals surface area contributed by atoms with Crippen molar-refractivity contribution in [2.45, 2.75) is 31.3 Å². The summed E-state index contributed by atoms with van der Waals surface area (Å²) in [7, 11) is 1.51. The topological polar surface area (TPSA) is 38.7 Å². The van der Waals surface area contributed by atoms with E-state index < -0.39 is 18.3 Å². The van der Waals surface area contributed by atoms with Crippen LogP contribution in [-0.4, -0.2) is 36.6 Å². The van der Waals surface area contributed by atoms with E-state index >= 15 is 0 Å². The highest BCUT2D eigenvalue weighted by atomic mass is 16.6. The first-order chi connectivity index (χ1) is 6.65. The molecule has 0 unspecified atom stereocenters. The minimum absolute atomic E-state index is 0.130. The number of hydrogen-bond donors (Lipinski definition) is 1. The van der Waals surface area contributed by atoms with Gasteiger partial charge in [-0.1, -0.05) is 12.0 Å². The van der Waals surface area contributed by atoms with Crippen molar-refractivity contribution < 1.29 is 14.6 Å². The van der Waals surface area contributed by atoms with Gasteiger partial charge in [-0.15, -0.1) is 13.0 Å². The van der Waals surface area contributed by atoms with Crippen LogP contribution in [0.5, 0.6) is 0 Å². The van der Waals surface area contributed by atoms with E-state index in [9.17, 15) is 5.11 Å². The van der Waals surface area contributed by atoms with Crippen LogP contribution < -0.4 is 0 Å². The highest BCUT2D eigenvalue weighted by Gasteiger charge is 2.41. The van der Waals surface area contributed by atoms with Crippen molar-refractivity contribution in [2.75, 3.05) is 7.11 Å². The van der Waals surface area contributed by atoms with Crippen LogP contribution in [0.4, 0.5) is 0 Å². The van der Waals surface area contributed by atoms with Gasteiger partial charge in [0.2, 0.25) is 0 Å². The molecule has 0 spiro atoms. The van der Waals surface area contributed by atoms with E-state index in [-0.39, 0.29) is 12.0 Å². The van der Waals surface area contributed by atoms with Crippen molar-refractivity contribution in [3.8, 4) is 12.3 Å². The third-order valence-electron chi connectivity index (χ3n) is 2.64. The lowest BCUT2D eigenvalue weighted by molar-refractivity contribution is -0.175. The van der Waals surface area contributed by atoms with Crippen LogP contribution in [-0.2, 0) is 9.47 Å². The Hall–Kier alpha value is -0.820. The number of aliphatic hydroxyl groups is 1. The molecule has 0 amide bonds. The Morgan fingerprint density at radius 1 is 1.64 bits per heavy atom. The summed E-state index contributed by atoms with van der Waals surface area (Å²) in [6, 6.07) is 0. The van der Waals surface area contributed by atoms with Crippen molar-refractivity contribution >= 4 is 0 Å². The van der Waals surface area contributed by atoms with Crippen LogP contribution in [0.15, 0.2) is 12.7 Å². The van der Waals surface area contributed by atoms with Crippen LogP contribution in [0.1, 0.15) is 6.92 Å². The van der Waals surface area contributed by atoms with Crippen molar-refractivity contribution in [1.82, 2.24) is 0 Å². The van der Waals surface area contributed by atoms with Crippen LogP contribution >= 0.6 is 0 Å². The quantitative estimate of drug-likeness (QED) is 0.519. The van der Waals surface area contributed by atoms with E-state index in [4.69, 9.17) is 15.9 Å². The fourth-order valence-electron chi connectivity index (χ4n) is 1.80. The molecular weight excluding hydrogens is 180 g/mol. The minimum atomic E-state index is -0.651. The van der Waals surface area contributed by atoms with Gasteiger partial charge in [-0.05, 0) is 6.92 Å². The molecule has 14 heavy (non-hydrogen) atoms. The zero-order valence-electron chi connectivity index (χ0n) is 8.51. The third-order valence-corrected chi connectivity index (χ3v) is 2.64. The summed E-state index contributed by atoms with van der Waals surface area (Å²) in [5, 5.41) is 9.93. The first kappa shape index (κ1) is 11.3. The number of terminal acetylenes is 1. The Balaban J connectivity index is 2.84. The Labute approximate surface area is 84.7 Å². The lowest BCUT2D eigenvalue weighted by Crippen LogP contribution is -2.53. The van der Waals surface area contributed by atoms with Crippen molar-refractivity contribution in [3.05, 3.63) is 12.7 Å². The van der Waals surface area contributed by atoms with E-state index in [2.05, 4.69) is 12.5 Å². The molecule has 1 N–H and O–H groups in total. The number of ether oxygens (including phenoxy) is 2. The van der Waals surface area contributed by atoms with Gasteiger partial charge in [0.25, 0.3) is 0 Å². The average molecular weight is 196 g/mol. The highest BCUT2D eigenvalue weighted by Crippen LogP contribution is 2.27. The van der Waals surface area contributed by atoms with Crippen LogP contribution in [0.3, 0.4) is 0 Å². The van der Waals surface area contributed by atoms with Gasteiger partial charge in [0.05, 0.1) is 12.2 Å². The Morgan fingerprint density at radius 3 is 2.71 bits per heavy atom. The molecule has 78 valence electrons. The average Bonchev–Trinajstić information content (AvgIpc) is 2.17. The van der Waals surface area contributed by atoms with Crippen molar-refractivity contribution in [3.63, 3.8) is 0 Å². The van der Waals surface area contributed by atoms with E-state index in [0.29, 0.717) is 0 Å². The van der Waals surface area contributed by atoms with Gasteiger partial charge in [0, 0.05) is 13.0 Å². The second kappa shape index (κ2) is 4.61. The molecule has 1 saturated heterocycles. The summed E-state index contributed by atoms with van der Waals surface area (Å²) in [4.78, 5) is 0. The van der Waals surface area contributed by atoms with E-state index in [1.54, 1.807) is 6.08 Å². The molecule has 1 rings (SSSR count). The molecule has 0 saturated carbocycles. The van der Waals surface area contributed by atoms with Crippen LogP contribution in [0.25, 0.3) is 0 Å². The van der Waals surface area contributed by atoms with Gasteiger partial charge in [-0.25, -0.2) is 0 Å². The fraction of sp³-hybridized carbons (Fsp3) is 0.636. The molecule has 1 aliphatic rings. The molecule has 5 atom stereocenters. The lowest BCUT2D eigenvalue weighted by Gasteiger charge is -2.40. The van der Waals surface area contributed by atoms with Gasteiger partial charge in [0.15, 0.2) is 0 Å². The summed E-state index contributed by atoms with van der Waals surface area (Å²) >= 11 is 0. The van der Waals surface area contributed by atoms with Crippen molar-refractivity contribution in [1.29, 1.82) is 0 Å². The lowest BCUT2D eigenvalue weighted by atomic mass is 9.87. The highest BCUT2D eigenvalue weighted by molar-refractivity contribution is 5.08. The van der Waals surface area contributed by atoms with E-state index in [1.165, 1.54) is 7.11 Å². The van der Waals surface area contributed by atoms with Gasteiger partial charge in [0.1, 0.15) is 12.2 Å². The van der Waals surface area contributed by atoms with E-state index in [0.717, 1.165) is 0 Å². The van der Waals surface area contributed by atoms with Gasteiger partial charge < -0.3 is 14.6 Å². The summed E-state index contributed by atoms with van der Waals surface area (Å²) in [6.07, 6.45) is 5.23. The number of rotatable bonds is 2. The first-order valence-electron chi connectivity index (χ1n) is 4.60. The monoisotopic (exact) mass is 196 g/mol. The molecule has 0 aromatic heterocycles. The molecule has 0 bridgehead atoms. The normalized spacial score (nSPS) is 42.9. The molecule has 0 aliphatic carbocycles. The standard InChI is InChI=1S/C11H16O3/c1-5-8-7(3)14-9(6-2)11(13-4)10(8)12/h2,5,7-12H,1H2,3-4H3/t7-,8-,9-,10+,11-/m0/s1. The van der Waals surface area contributed by atoms with Gasteiger partial charge in [-0.3, -0.25) is 0 Å². The largest absolute Gasteiger partial charge is 0.390 e. The molecule has 0 aromatic carbocycles. The predicted octanol–water partition coefficient (Wildman–Crippen LogP) is 0.585. The number of methoxy groups -OCH3 is 1. The minimum Gasteiger partial charge on any atom is -0.390 e. The molecule has 3 nitrogen and oxygen atoms in total. The molecule has 1 heterocycles. The zero-order chi connectivity index (χ0) is 10.7. The molecule has 1 aliphatic heterocycles. The maximum atomic E-state index is 9.93. The Kier molecular flexibility index (Phi) is 3.70. The molecule has 0 radical (unpaired) electrons.